The Labute approximate surface area is 102 Å². The van der Waals surface area contributed by atoms with Gasteiger partial charge in [0.05, 0.1) is 12.8 Å². The number of hydrogen-bond donors (Lipinski definition) is 0. The van der Waals surface area contributed by atoms with Crippen molar-refractivity contribution in [1.82, 2.24) is 4.98 Å². The molecule has 1 heterocycles. The van der Waals surface area contributed by atoms with E-state index < -0.39 is 5.82 Å². The maximum atomic E-state index is 13.5. The van der Waals surface area contributed by atoms with E-state index in [-0.39, 0.29) is 5.75 Å². The summed E-state index contributed by atoms with van der Waals surface area (Å²) in [6.07, 6.45) is 0. The van der Waals surface area contributed by atoms with E-state index in [0.717, 1.165) is 5.69 Å². The van der Waals surface area contributed by atoms with E-state index in [9.17, 15) is 4.39 Å². The van der Waals surface area contributed by atoms with Crippen molar-refractivity contribution < 1.29 is 9.13 Å². The second-order valence-corrected chi connectivity index (χ2v) is 4.83. The van der Waals surface area contributed by atoms with Gasteiger partial charge in [-0.05, 0) is 25.1 Å². The average molecular weight is 258 g/mol. The Balaban J connectivity index is 2.45. The number of benzene rings is 1. The van der Waals surface area contributed by atoms with Gasteiger partial charge >= 0.3 is 0 Å². The molecule has 0 aliphatic carbocycles. The van der Waals surface area contributed by atoms with Crippen molar-refractivity contribution in [3.63, 3.8) is 0 Å². The normalized spacial score (nSPS) is 10.5. The largest absolute Gasteiger partial charge is 0.494 e. The van der Waals surface area contributed by atoms with Crippen LogP contribution in [0.4, 0.5) is 4.39 Å². The fourth-order valence-electron chi connectivity index (χ4n) is 1.30. The average Bonchev–Trinajstić information content (AvgIpc) is 2.59. The maximum absolute atomic E-state index is 13.5. The highest BCUT2D eigenvalue weighted by Gasteiger charge is 2.10. The molecule has 0 atom stereocenters. The van der Waals surface area contributed by atoms with Gasteiger partial charge in [-0.2, -0.15) is 0 Å². The van der Waals surface area contributed by atoms with Crippen LogP contribution in [0.15, 0.2) is 18.2 Å². The molecule has 1 aromatic carbocycles. The van der Waals surface area contributed by atoms with Crippen molar-refractivity contribution in [3.8, 4) is 16.3 Å². The lowest BCUT2D eigenvalue weighted by molar-refractivity contribution is 0.386. The Morgan fingerprint density at radius 3 is 2.69 bits per heavy atom. The third kappa shape index (κ3) is 2.03. The summed E-state index contributed by atoms with van der Waals surface area (Å²) in [5, 5.41) is 0.712. The molecule has 0 radical (unpaired) electrons. The first-order valence-electron chi connectivity index (χ1n) is 4.58. The van der Waals surface area contributed by atoms with Crippen LogP contribution in [0.1, 0.15) is 5.69 Å². The summed E-state index contributed by atoms with van der Waals surface area (Å²) in [6.45, 7) is 1.82. The summed E-state index contributed by atoms with van der Waals surface area (Å²) in [4.78, 5) is 4.26. The van der Waals surface area contributed by atoms with Gasteiger partial charge in [-0.1, -0.05) is 11.6 Å². The molecule has 2 nitrogen and oxygen atoms in total. The number of methoxy groups -OCH3 is 1. The predicted molar refractivity (Wildman–Crippen MR) is 63.8 cm³/mol. The highest BCUT2D eigenvalue weighted by atomic mass is 35.5. The number of ether oxygens (including phenoxy) is 1. The van der Waals surface area contributed by atoms with Gasteiger partial charge in [0.1, 0.15) is 9.34 Å². The molecule has 5 heteroatoms. The SMILES string of the molecule is COc1ccc(-c2nc(C)c(Cl)s2)cc1F. The third-order valence-corrected chi connectivity index (χ3v) is 3.64. The van der Waals surface area contributed by atoms with Gasteiger partial charge in [0.25, 0.3) is 0 Å². The topological polar surface area (TPSA) is 22.1 Å². The van der Waals surface area contributed by atoms with Gasteiger partial charge in [0.15, 0.2) is 11.6 Å². The van der Waals surface area contributed by atoms with Crippen molar-refractivity contribution in [3.05, 3.63) is 34.0 Å². The van der Waals surface area contributed by atoms with Gasteiger partial charge in [0.2, 0.25) is 0 Å². The lowest BCUT2D eigenvalue weighted by Crippen LogP contribution is -1.88. The Morgan fingerprint density at radius 2 is 2.19 bits per heavy atom. The summed E-state index contributed by atoms with van der Waals surface area (Å²) in [6, 6.07) is 4.74. The first kappa shape index (κ1) is 11.4. The van der Waals surface area contributed by atoms with Crippen LogP contribution >= 0.6 is 22.9 Å². The zero-order valence-electron chi connectivity index (χ0n) is 8.75. The van der Waals surface area contributed by atoms with E-state index >= 15 is 0 Å². The summed E-state index contributed by atoms with van der Waals surface area (Å²) in [5.74, 6) is -0.174. The molecule has 0 spiro atoms. The molecule has 16 heavy (non-hydrogen) atoms. The Bertz CT molecular complexity index is 507. The molecule has 0 aliphatic rings. The van der Waals surface area contributed by atoms with E-state index in [2.05, 4.69) is 4.98 Å². The standard InChI is InChI=1S/C11H9ClFNOS/c1-6-10(12)16-11(14-6)7-3-4-9(15-2)8(13)5-7/h3-5H,1-2H3. The summed E-state index contributed by atoms with van der Waals surface area (Å²) in [7, 11) is 1.43. The van der Waals surface area contributed by atoms with Gasteiger partial charge in [0, 0.05) is 5.56 Å². The monoisotopic (exact) mass is 257 g/mol. The van der Waals surface area contributed by atoms with Crippen molar-refractivity contribution in [2.45, 2.75) is 6.92 Å². The van der Waals surface area contributed by atoms with Crippen LogP contribution in [0.5, 0.6) is 5.75 Å². The molecule has 0 bridgehead atoms. The van der Waals surface area contributed by atoms with Gasteiger partial charge in [-0.3, -0.25) is 0 Å². The van der Waals surface area contributed by atoms with E-state index in [1.54, 1.807) is 12.1 Å². The molecule has 0 amide bonds. The summed E-state index contributed by atoms with van der Waals surface area (Å²) >= 11 is 7.25. The van der Waals surface area contributed by atoms with Gasteiger partial charge < -0.3 is 4.74 Å². The molecule has 84 valence electrons. The maximum Gasteiger partial charge on any atom is 0.165 e. The van der Waals surface area contributed by atoms with Crippen LogP contribution in [-0.4, -0.2) is 12.1 Å². The number of aryl methyl sites for hydroxylation is 1. The first-order chi connectivity index (χ1) is 7.61. The van der Waals surface area contributed by atoms with Gasteiger partial charge in [-0.15, -0.1) is 11.3 Å². The van der Waals surface area contributed by atoms with Crippen LogP contribution in [0.2, 0.25) is 4.34 Å². The molecule has 1 aromatic heterocycles. The number of nitrogens with zero attached hydrogens (tertiary/aromatic N) is 1. The molecule has 2 aromatic rings. The minimum absolute atomic E-state index is 0.225. The first-order valence-corrected chi connectivity index (χ1v) is 5.78. The number of halogens is 2. The molecule has 0 saturated carbocycles. The Kier molecular flexibility index (Phi) is 3.12. The second-order valence-electron chi connectivity index (χ2n) is 3.23. The molecule has 0 unspecified atom stereocenters. The fourth-order valence-corrected chi connectivity index (χ4v) is 2.35. The molecular formula is C11H9ClFNOS. The highest BCUT2D eigenvalue weighted by molar-refractivity contribution is 7.19. The highest BCUT2D eigenvalue weighted by Crippen LogP contribution is 2.32. The van der Waals surface area contributed by atoms with Gasteiger partial charge in [-0.25, -0.2) is 9.37 Å². The van der Waals surface area contributed by atoms with Crippen LogP contribution < -0.4 is 4.74 Å². The Hall–Kier alpha value is -1.13. The minimum Gasteiger partial charge on any atom is -0.494 e. The zero-order chi connectivity index (χ0) is 11.7. The minimum atomic E-state index is -0.399. The third-order valence-electron chi connectivity index (χ3n) is 2.14. The molecule has 2 rings (SSSR count). The van der Waals surface area contributed by atoms with Crippen molar-refractivity contribution in [1.29, 1.82) is 0 Å². The fraction of sp³-hybridized carbons (Fsp3) is 0.182. The molecular weight excluding hydrogens is 249 g/mol. The molecule has 0 saturated heterocycles. The van der Waals surface area contributed by atoms with Crippen LogP contribution in [0.25, 0.3) is 10.6 Å². The lowest BCUT2D eigenvalue weighted by Gasteiger charge is -2.02. The van der Waals surface area contributed by atoms with Crippen LogP contribution in [0.3, 0.4) is 0 Å². The van der Waals surface area contributed by atoms with Crippen LogP contribution in [-0.2, 0) is 0 Å². The van der Waals surface area contributed by atoms with Crippen molar-refractivity contribution in [2.75, 3.05) is 7.11 Å². The van der Waals surface area contributed by atoms with E-state index in [1.165, 1.54) is 24.5 Å². The smallest absolute Gasteiger partial charge is 0.165 e. The van der Waals surface area contributed by atoms with Crippen molar-refractivity contribution in [2.24, 2.45) is 0 Å². The molecule has 0 aliphatic heterocycles. The number of rotatable bonds is 2. The van der Waals surface area contributed by atoms with E-state index in [0.29, 0.717) is 14.9 Å². The summed E-state index contributed by atoms with van der Waals surface area (Å²) < 4.78 is 18.9. The predicted octanol–water partition coefficient (Wildman–Crippen LogP) is 3.92. The number of hydrogen-bond acceptors (Lipinski definition) is 3. The number of thiazole rings is 1. The quantitative estimate of drug-likeness (QED) is 0.814. The zero-order valence-corrected chi connectivity index (χ0v) is 10.3. The van der Waals surface area contributed by atoms with E-state index in [1.807, 2.05) is 6.92 Å². The summed E-state index contributed by atoms with van der Waals surface area (Å²) in [5.41, 5.74) is 1.47. The number of aromatic nitrogens is 1. The molecule has 0 fully saturated rings. The van der Waals surface area contributed by atoms with E-state index in [4.69, 9.17) is 16.3 Å². The lowest BCUT2D eigenvalue weighted by atomic mass is 10.2. The molecule has 0 N–H and O–H groups in total. The second kappa shape index (κ2) is 4.39. The van der Waals surface area contributed by atoms with Crippen molar-refractivity contribution >= 4 is 22.9 Å². The Morgan fingerprint density at radius 1 is 1.44 bits per heavy atom. The van der Waals surface area contributed by atoms with Crippen LogP contribution in [0, 0.1) is 12.7 Å².